The van der Waals surface area contributed by atoms with Crippen molar-refractivity contribution in [2.24, 2.45) is 0 Å². The van der Waals surface area contributed by atoms with Crippen LogP contribution in [-0.2, 0) is 4.79 Å². The molecule has 2 aromatic rings. The van der Waals surface area contributed by atoms with Crippen LogP contribution in [-0.4, -0.2) is 34.4 Å². The van der Waals surface area contributed by atoms with E-state index in [9.17, 15) is 4.79 Å². The molecule has 0 radical (unpaired) electrons. The van der Waals surface area contributed by atoms with Crippen molar-refractivity contribution in [3.8, 4) is 0 Å². The molecule has 1 aromatic carbocycles. The van der Waals surface area contributed by atoms with Gasteiger partial charge in [0.1, 0.15) is 0 Å². The molecule has 1 aromatic heterocycles. The first kappa shape index (κ1) is 16.3. The predicted octanol–water partition coefficient (Wildman–Crippen LogP) is 3.06. The standard InChI is InChI=1S/C15H20N2O2S2/c1-11(5-4-9-18)16-14(19)8-10-20-15-17-12-6-2-3-7-13(12)21-15/h2-3,6-7,11,18H,4-5,8-10H2,1H3,(H,16,19). The number of fused-ring (bicyclic) bond motifs is 1. The van der Waals surface area contributed by atoms with E-state index in [1.54, 1.807) is 23.1 Å². The molecule has 0 aliphatic carbocycles. The molecule has 6 heteroatoms. The van der Waals surface area contributed by atoms with Gasteiger partial charge in [-0.3, -0.25) is 4.79 Å². The number of aliphatic hydroxyl groups excluding tert-OH is 1. The number of carbonyl (C=O) groups excluding carboxylic acids is 1. The van der Waals surface area contributed by atoms with E-state index in [0.717, 1.165) is 28.5 Å². The molecule has 2 N–H and O–H groups in total. The lowest BCUT2D eigenvalue weighted by atomic mass is 10.2. The highest BCUT2D eigenvalue weighted by Crippen LogP contribution is 2.29. The fraction of sp³-hybridized carbons (Fsp3) is 0.467. The van der Waals surface area contributed by atoms with Gasteiger partial charge in [-0.2, -0.15) is 0 Å². The summed E-state index contributed by atoms with van der Waals surface area (Å²) in [6, 6.07) is 8.18. The Labute approximate surface area is 133 Å². The summed E-state index contributed by atoms with van der Waals surface area (Å²) in [4.78, 5) is 16.3. The number of aliphatic hydroxyl groups is 1. The number of para-hydroxylation sites is 1. The van der Waals surface area contributed by atoms with Crippen molar-refractivity contribution < 1.29 is 9.90 Å². The Hall–Kier alpha value is -1.11. The fourth-order valence-corrected chi connectivity index (χ4v) is 4.04. The van der Waals surface area contributed by atoms with E-state index in [-0.39, 0.29) is 18.6 Å². The van der Waals surface area contributed by atoms with Gasteiger partial charge in [0.2, 0.25) is 5.91 Å². The molecule has 1 amide bonds. The van der Waals surface area contributed by atoms with Gasteiger partial charge in [0.05, 0.1) is 10.2 Å². The average Bonchev–Trinajstić information content (AvgIpc) is 2.87. The largest absolute Gasteiger partial charge is 0.396 e. The van der Waals surface area contributed by atoms with Gasteiger partial charge < -0.3 is 10.4 Å². The van der Waals surface area contributed by atoms with Gasteiger partial charge in [-0.25, -0.2) is 4.98 Å². The molecular weight excluding hydrogens is 304 g/mol. The molecule has 1 atom stereocenters. The van der Waals surface area contributed by atoms with E-state index in [1.165, 1.54) is 4.70 Å². The number of rotatable bonds is 8. The quantitative estimate of drug-likeness (QED) is 0.733. The van der Waals surface area contributed by atoms with Crippen molar-refractivity contribution in [2.75, 3.05) is 12.4 Å². The monoisotopic (exact) mass is 324 g/mol. The van der Waals surface area contributed by atoms with Crippen LogP contribution in [0.4, 0.5) is 0 Å². The van der Waals surface area contributed by atoms with E-state index in [0.29, 0.717) is 6.42 Å². The molecule has 21 heavy (non-hydrogen) atoms. The third-order valence-electron chi connectivity index (χ3n) is 3.03. The summed E-state index contributed by atoms with van der Waals surface area (Å²) >= 11 is 3.29. The van der Waals surface area contributed by atoms with E-state index in [2.05, 4.69) is 16.4 Å². The van der Waals surface area contributed by atoms with Crippen LogP contribution in [0, 0.1) is 0 Å². The maximum Gasteiger partial charge on any atom is 0.221 e. The minimum atomic E-state index is 0.0639. The third kappa shape index (κ3) is 5.30. The fourth-order valence-electron chi connectivity index (χ4n) is 1.96. The Morgan fingerprint density at radius 2 is 2.29 bits per heavy atom. The highest BCUT2D eigenvalue weighted by molar-refractivity contribution is 8.01. The molecule has 114 valence electrons. The minimum absolute atomic E-state index is 0.0639. The Balaban J connectivity index is 1.72. The van der Waals surface area contributed by atoms with Crippen molar-refractivity contribution in [2.45, 2.75) is 36.6 Å². The number of nitrogens with zero attached hydrogens (tertiary/aromatic N) is 1. The van der Waals surface area contributed by atoms with Gasteiger partial charge in [0, 0.05) is 24.8 Å². The van der Waals surface area contributed by atoms with Gasteiger partial charge in [0.25, 0.3) is 0 Å². The van der Waals surface area contributed by atoms with E-state index in [1.807, 2.05) is 25.1 Å². The summed E-state index contributed by atoms with van der Waals surface area (Å²) in [5.74, 6) is 0.798. The summed E-state index contributed by atoms with van der Waals surface area (Å²) in [5, 5.41) is 11.7. The van der Waals surface area contributed by atoms with Crippen LogP contribution in [0.3, 0.4) is 0 Å². The first-order valence-corrected chi connectivity index (χ1v) is 8.88. The topological polar surface area (TPSA) is 62.2 Å². The number of hydrogen-bond acceptors (Lipinski definition) is 5. The Morgan fingerprint density at radius 1 is 1.48 bits per heavy atom. The van der Waals surface area contributed by atoms with Gasteiger partial charge >= 0.3 is 0 Å². The van der Waals surface area contributed by atoms with Crippen molar-refractivity contribution in [3.63, 3.8) is 0 Å². The molecule has 0 bridgehead atoms. The highest BCUT2D eigenvalue weighted by atomic mass is 32.2. The smallest absolute Gasteiger partial charge is 0.221 e. The number of thioether (sulfide) groups is 1. The zero-order valence-electron chi connectivity index (χ0n) is 12.0. The van der Waals surface area contributed by atoms with Crippen LogP contribution in [0.5, 0.6) is 0 Å². The van der Waals surface area contributed by atoms with Crippen LogP contribution in [0.15, 0.2) is 28.6 Å². The van der Waals surface area contributed by atoms with Crippen molar-refractivity contribution in [3.05, 3.63) is 24.3 Å². The van der Waals surface area contributed by atoms with Crippen molar-refractivity contribution in [1.29, 1.82) is 0 Å². The van der Waals surface area contributed by atoms with Gasteiger partial charge in [-0.1, -0.05) is 23.9 Å². The molecule has 4 nitrogen and oxygen atoms in total. The van der Waals surface area contributed by atoms with E-state index < -0.39 is 0 Å². The lowest BCUT2D eigenvalue weighted by Crippen LogP contribution is -2.32. The molecule has 0 saturated carbocycles. The third-order valence-corrected chi connectivity index (χ3v) is 5.21. The van der Waals surface area contributed by atoms with Crippen LogP contribution in [0.25, 0.3) is 10.2 Å². The number of carbonyl (C=O) groups is 1. The molecule has 0 aliphatic rings. The lowest BCUT2D eigenvalue weighted by Gasteiger charge is -2.12. The minimum Gasteiger partial charge on any atom is -0.396 e. The number of hydrogen-bond donors (Lipinski definition) is 2. The first-order chi connectivity index (χ1) is 10.2. The number of aromatic nitrogens is 1. The normalized spacial score (nSPS) is 12.5. The summed E-state index contributed by atoms with van der Waals surface area (Å²) in [5.41, 5.74) is 1.02. The highest BCUT2D eigenvalue weighted by Gasteiger charge is 2.08. The van der Waals surface area contributed by atoms with Crippen LogP contribution >= 0.6 is 23.1 Å². The van der Waals surface area contributed by atoms with Crippen LogP contribution in [0.1, 0.15) is 26.2 Å². The number of nitrogens with one attached hydrogen (secondary N) is 1. The SMILES string of the molecule is CC(CCCO)NC(=O)CCSc1nc2ccccc2s1. The number of amides is 1. The zero-order chi connectivity index (χ0) is 15.1. The second kappa shape index (κ2) is 8.36. The second-order valence-corrected chi connectivity index (χ2v) is 7.25. The Bertz CT molecular complexity index is 553. The molecule has 2 rings (SSSR count). The summed E-state index contributed by atoms with van der Waals surface area (Å²) in [7, 11) is 0. The predicted molar refractivity (Wildman–Crippen MR) is 88.9 cm³/mol. The maximum atomic E-state index is 11.8. The average molecular weight is 324 g/mol. The van der Waals surface area contributed by atoms with E-state index >= 15 is 0 Å². The van der Waals surface area contributed by atoms with Gasteiger partial charge in [0.15, 0.2) is 4.34 Å². The first-order valence-electron chi connectivity index (χ1n) is 7.07. The summed E-state index contributed by atoms with van der Waals surface area (Å²) in [6.45, 7) is 2.14. The molecule has 0 fully saturated rings. The van der Waals surface area contributed by atoms with Crippen LogP contribution in [0.2, 0.25) is 0 Å². The number of benzene rings is 1. The van der Waals surface area contributed by atoms with Crippen molar-refractivity contribution in [1.82, 2.24) is 10.3 Å². The summed E-state index contributed by atoms with van der Waals surface area (Å²) in [6.07, 6.45) is 2.03. The molecule has 0 spiro atoms. The molecule has 1 unspecified atom stereocenters. The van der Waals surface area contributed by atoms with E-state index in [4.69, 9.17) is 5.11 Å². The lowest BCUT2D eigenvalue weighted by molar-refractivity contribution is -0.121. The molecular formula is C15H20N2O2S2. The zero-order valence-corrected chi connectivity index (χ0v) is 13.7. The molecule has 0 saturated heterocycles. The van der Waals surface area contributed by atoms with Crippen molar-refractivity contribution >= 4 is 39.2 Å². The maximum absolute atomic E-state index is 11.8. The number of thiazole rings is 1. The second-order valence-electron chi connectivity index (χ2n) is 4.88. The molecule has 0 aliphatic heterocycles. The Morgan fingerprint density at radius 3 is 3.05 bits per heavy atom. The van der Waals surface area contributed by atoms with Gasteiger partial charge in [-0.15, -0.1) is 11.3 Å². The Kier molecular flexibility index (Phi) is 6.48. The summed E-state index contributed by atoms with van der Waals surface area (Å²) < 4.78 is 2.19. The van der Waals surface area contributed by atoms with Crippen LogP contribution < -0.4 is 5.32 Å². The molecule has 1 heterocycles. The van der Waals surface area contributed by atoms with Gasteiger partial charge in [-0.05, 0) is 31.9 Å².